The van der Waals surface area contributed by atoms with Gasteiger partial charge in [-0.2, -0.15) is 0 Å². The molecule has 0 aliphatic carbocycles. The Hall–Kier alpha value is -2.55. The zero-order chi connectivity index (χ0) is 20.7. The van der Waals surface area contributed by atoms with Gasteiger partial charge in [0.05, 0.1) is 12.3 Å². The molecule has 3 aromatic rings. The van der Waals surface area contributed by atoms with Crippen molar-refractivity contribution in [2.45, 2.75) is 59.3 Å². The first-order valence-electron chi connectivity index (χ1n) is 9.95. The number of aldehydes is 1. The summed E-state index contributed by atoms with van der Waals surface area (Å²) >= 11 is 0. The topological polar surface area (TPSA) is 30.7 Å². The lowest BCUT2D eigenvalue weighted by Crippen LogP contribution is -2.20. The summed E-state index contributed by atoms with van der Waals surface area (Å²) in [6, 6.07) is 12.5. The Balaban J connectivity index is 2.38. The van der Waals surface area contributed by atoms with Crippen molar-refractivity contribution in [1.82, 2.24) is 4.40 Å². The highest BCUT2D eigenvalue weighted by Gasteiger charge is 2.28. The fourth-order valence-corrected chi connectivity index (χ4v) is 3.69. The Morgan fingerprint density at radius 2 is 1.57 bits per heavy atom. The van der Waals surface area contributed by atoms with Crippen LogP contribution in [0.25, 0.3) is 16.6 Å². The van der Waals surface area contributed by atoms with Crippen molar-refractivity contribution in [1.29, 1.82) is 0 Å². The molecule has 0 bridgehead atoms. The molecular weight excluding hydrogens is 346 g/mol. The minimum absolute atomic E-state index is 0.0823. The molecule has 0 aliphatic rings. The predicted molar refractivity (Wildman–Crippen MR) is 117 cm³/mol. The van der Waals surface area contributed by atoms with Crippen LogP contribution < -0.4 is 4.74 Å². The van der Waals surface area contributed by atoms with E-state index in [1.54, 1.807) is 0 Å². The van der Waals surface area contributed by atoms with Crippen LogP contribution in [0.2, 0.25) is 0 Å². The molecule has 0 radical (unpaired) electrons. The summed E-state index contributed by atoms with van der Waals surface area (Å²) in [5, 5.41) is 0. The third-order valence-corrected chi connectivity index (χ3v) is 5.14. The lowest BCUT2D eigenvalue weighted by Gasteiger charge is -2.30. The second-order valence-corrected chi connectivity index (χ2v) is 9.39. The van der Waals surface area contributed by atoms with Gasteiger partial charge in [0.15, 0.2) is 6.29 Å². The van der Waals surface area contributed by atoms with E-state index in [4.69, 9.17) is 4.74 Å². The lowest BCUT2D eigenvalue weighted by molar-refractivity contribution is 0.111. The fraction of sp³-hybridized carbons (Fsp3) is 0.400. The third-order valence-electron chi connectivity index (χ3n) is 5.14. The number of rotatable bonds is 4. The molecule has 1 aromatic carbocycles. The molecule has 2 heterocycles. The van der Waals surface area contributed by atoms with Crippen LogP contribution in [0.1, 0.15) is 70.1 Å². The summed E-state index contributed by atoms with van der Waals surface area (Å²) in [7, 11) is 0. The third kappa shape index (κ3) is 3.58. The van der Waals surface area contributed by atoms with Crippen molar-refractivity contribution in [2.75, 3.05) is 6.61 Å². The second kappa shape index (κ2) is 7.12. The average molecular weight is 378 g/mol. The molecule has 0 spiro atoms. The maximum absolute atomic E-state index is 12.0. The van der Waals surface area contributed by atoms with Gasteiger partial charge in [0, 0.05) is 28.4 Å². The largest absolute Gasteiger partial charge is 0.493 e. The number of hydrogen-bond acceptors (Lipinski definition) is 2. The second-order valence-electron chi connectivity index (χ2n) is 9.39. The van der Waals surface area contributed by atoms with Crippen molar-refractivity contribution in [3.05, 3.63) is 59.4 Å². The van der Waals surface area contributed by atoms with E-state index in [-0.39, 0.29) is 10.8 Å². The molecule has 3 rings (SSSR count). The smallest absolute Gasteiger partial charge is 0.167 e. The van der Waals surface area contributed by atoms with E-state index < -0.39 is 0 Å². The molecule has 0 saturated heterocycles. The summed E-state index contributed by atoms with van der Waals surface area (Å²) in [5.74, 6) is 0.975. The van der Waals surface area contributed by atoms with Crippen LogP contribution in [0.15, 0.2) is 42.6 Å². The minimum Gasteiger partial charge on any atom is -0.493 e. The Morgan fingerprint density at radius 3 is 2.07 bits per heavy atom. The zero-order valence-electron chi connectivity index (χ0n) is 18.1. The Labute approximate surface area is 168 Å². The van der Waals surface area contributed by atoms with Gasteiger partial charge in [-0.15, -0.1) is 0 Å². The van der Waals surface area contributed by atoms with E-state index in [1.165, 1.54) is 11.1 Å². The highest BCUT2D eigenvalue weighted by atomic mass is 16.5. The summed E-state index contributed by atoms with van der Waals surface area (Å²) < 4.78 is 8.10. The maximum atomic E-state index is 12.0. The van der Waals surface area contributed by atoms with Gasteiger partial charge in [-0.05, 0) is 53.6 Å². The molecule has 0 N–H and O–H groups in total. The van der Waals surface area contributed by atoms with Crippen LogP contribution in [0.4, 0.5) is 0 Å². The van der Waals surface area contributed by atoms with E-state index in [2.05, 4.69) is 59.7 Å². The number of pyridine rings is 1. The number of carbonyl (C=O) groups is 1. The number of nitrogens with zero attached hydrogens (tertiary/aromatic N) is 1. The van der Waals surface area contributed by atoms with Crippen molar-refractivity contribution >= 4 is 11.8 Å². The SMILES string of the molecule is CCOc1c(C(C)(C)C)cc(-c2cc3ccccn3c2C=O)cc1C(C)(C)C. The van der Waals surface area contributed by atoms with Gasteiger partial charge in [0.2, 0.25) is 0 Å². The van der Waals surface area contributed by atoms with Gasteiger partial charge in [0.1, 0.15) is 5.75 Å². The van der Waals surface area contributed by atoms with Crippen LogP contribution in [0.5, 0.6) is 5.75 Å². The predicted octanol–water partition coefficient (Wildman–Crippen LogP) is 6.41. The molecule has 0 saturated carbocycles. The number of aromatic nitrogens is 1. The summed E-state index contributed by atoms with van der Waals surface area (Å²) in [6.07, 6.45) is 2.89. The van der Waals surface area contributed by atoms with Gasteiger partial charge < -0.3 is 9.14 Å². The lowest BCUT2D eigenvalue weighted by atomic mass is 9.77. The van der Waals surface area contributed by atoms with Crippen LogP contribution in [0.3, 0.4) is 0 Å². The van der Waals surface area contributed by atoms with Crippen LogP contribution in [-0.2, 0) is 10.8 Å². The minimum atomic E-state index is -0.0823. The summed E-state index contributed by atoms with van der Waals surface area (Å²) in [5.41, 5.74) is 5.89. The van der Waals surface area contributed by atoms with Crippen molar-refractivity contribution in [3.63, 3.8) is 0 Å². The van der Waals surface area contributed by atoms with Gasteiger partial charge in [-0.1, -0.05) is 47.6 Å². The zero-order valence-corrected chi connectivity index (χ0v) is 18.1. The molecule has 28 heavy (non-hydrogen) atoms. The summed E-state index contributed by atoms with van der Waals surface area (Å²) in [4.78, 5) is 12.0. The van der Waals surface area contributed by atoms with Gasteiger partial charge in [-0.25, -0.2) is 0 Å². The van der Waals surface area contributed by atoms with E-state index in [0.717, 1.165) is 28.7 Å². The van der Waals surface area contributed by atoms with E-state index in [9.17, 15) is 4.79 Å². The molecule has 2 aromatic heterocycles. The van der Waals surface area contributed by atoms with Crippen LogP contribution >= 0.6 is 0 Å². The molecule has 0 aliphatic heterocycles. The molecule has 0 atom stereocenters. The molecule has 0 unspecified atom stereocenters. The molecule has 148 valence electrons. The van der Waals surface area contributed by atoms with Gasteiger partial charge in [-0.3, -0.25) is 4.79 Å². The fourth-order valence-electron chi connectivity index (χ4n) is 3.69. The Morgan fingerprint density at radius 1 is 0.964 bits per heavy atom. The Bertz CT molecular complexity index is 978. The molecule has 3 nitrogen and oxygen atoms in total. The van der Waals surface area contributed by atoms with Crippen molar-refractivity contribution < 1.29 is 9.53 Å². The standard InChI is InChI=1S/C25H31NO2/c1-8-28-23-20(24(2,3)4)13-17(14-21(23)25(5,6)7)19-15-18-11-9-10-12-26(18)22(19)16-27/h9-16H,8H2,1-7H3. The Kier molecular flexibility index (Phi) is 5.14. The van der Waals surface area contributed by atoms with Crippen molar-refractivity contribution in [3.8, 4) is 16.9 Å². The summed E-state index contributed by atoms with van der Waals surface area (Å²) in [6.45, 7) is 15.9. The van der Waals surface area contributed by atoms with E-state index in [1.807, 2.05) is 35.7 Å². The highest BCUT2D eigenvalue weighted by molar-refractivity contribution is 5.90. The molecular formula is C25H31NO2. The van der Waals surface area contributed by atoms with Crippen molar-refractivity contribution in [2.24, 2.45) is 0 Å². The molecule has 3 heteroatoms. The highest BCUT2D eigenvalue weighted by Crippen LogP contribution is 2.43. The number of hydrogen-bond donors (Lipinski definition) is 0. The quantitative estimate of drug-likeness (QED) is 0.492. The van der Waals surface area contributed by atoms with Crippen LogP contribution in [0, 0.1) is 0 Å². The van der Waals surface area contributed by atoms with Gasteiger partial charge >= 0.3 is 0 Å². The molecule has 0 amide bonds. The first-order valence-corrected chi connectivity index (χ1v) is 9.95. The van der Waals surface area contributed by atoms with E-state index >= 15 is 0 Å². The number of fused-ring (bicyclic) bond motifs is 1. The maximum Gasteiger partial charge on any atom is 0.167 e. The number of carbonyl (C=O) groups excluding carboxylic acids is 1. The van der Waals surface area contributed by atoms with Crippen LogP contribution in [-0.4, -0.2) is 17.3 Å². The first kappa shape index (κ1) is 20.2. The number of benzene rings is 1. The first-order chi connectivity index (χ1) is 13.1. The molecule has 0 fully saturated rings. The monoisotopic (exact) mass is 377 g/mol. The average Bonchev–Trinajstić information content (AvgIpc) is 2.98. The van der Waals surface area contributed by atoms with E-state index in [0.29, 0.717) is 12.3 Å². The normalized spacial score (nSPS) is 12.4. The number of ether oxygens (including phenoxy) is 1. The van der Waals surface area contributed by atoms with Gasteiger partial charge in [0.25, 0.3) is 0 Å².